The van der Waals surface area contributed by atoms with Gasteiger partial charge in [0, 0.05) is 13.1 Å². The van der Waals surface area contributed by atoms with Crippen molar-refractivity contribution < 1.29 is 22.3 Å². The van der Waals surface area contributed by atoms with Crippen LogP contribution < -0.4 is 10.4 Å². The quantitative estimate of drug-likeness (QED) is 0.624. The lowest BCUT2D eigenvalue weighted by molar-refractivity contribution is -0.147. The van der Waals surface area contributed by atoms with E-state index in [0.29, 0.717) is 0 Å². The molecule has 1 atom stereocenters. The van der Waals surface area contributed by atoms with Gasteiger partial charge in [-0.3, -0.25) is 4.57 Å². The van der Waals surface area contributed by atoms with Gasteiger partial charge in [0.1, 0.15) is 17.5 Å². The minimum atomic E-state index is -4.90. The van der Waals surface area contributed by atoms with Gasteiger partial charge in [-0.05, 0) is 13.0 Å². The molecule has 1 heterocycles. The second-order valence-corrected chi connectivity index (χ2v) is 4.91. The molecule has 2 aromatic rings. The van der Waals surface area contributed by atoms with Gasteiger partial charge in [-0.2, -0.15) is 23.1 Å². The molecule has 0 aliphatic carbocycles. The summed E-state index contributed by atoms with van der Waals surface area (Å²) in [5.74, 6) is -0.583. The molecule has 0 N–H and O–H groups in total. The maximum atomic E-state index is 14.2. The fourth-order valence-corrected chi connectivity index (χ4v) is 1.96. The first kappa shape index (κ1) is 18.1. The maximum Gasteiger partial charge on any atom is 0.451 e. The van der Waals surface area contributed by atoms with Gasteiger partial charge in [-0.25, -0.2) is 9.18 Å². The fraction of sp³-hybridized carbons (Fsp3) is 0.267. The number of nitrogens with zero attached hydrogens (tertiary/aromatic N) is 4. The molecule has 10 heteroatoms. The number of aromatic nitrogens is 3. The van der Waals surface area contributed by atoms with Crippen molar-refractivity contribution in [3.63, 3.8) is 0 Å². The maximum absolute atomic E-state index is 14.2. The highest BCUT2D eigenvalue weighted by Gasteiger charge is 2.38. The van der Waals surface area contributed by atoms with Crippen molar-refractivity contribution in [3.8, 4) is 29.8 Å². The lowest BCUT2D eigenvalue weighted by atomic mass is 10.2. The van der Waals surface area contributed by atoms with E-state index in [1.54, 1.807) is 6.07 Å². The largest absolute Gasteiger partial charge is 0.477 e. The Balaban J connectivity index is 2.69. The molecule has 0 aliphatic heterocycles. The van der Waals surface area contributed by atoms with Crippen molar-refractivity contribution in [1.82, 2.24) is 14.3 Å². The lowest BCUT2D eigenvalue weighted by Crippen LogP contribution is -2.24. The van der Waals surface area contributed by atoms with Crippen LogP contribution in [-0.2, 0) is 13.2 Å². The van der Waals surface area contributed by atoms with Crippen molar-refractivity contribution in [2.75, 3.05) is 0 Å². The number of ether oxygens (including phenoxy) is 1. The van der Waals surface area contributed by atoms with Crippen LogP contribution >= 0.6 is 0 Å². The number of alkyl halides is 3. The second-order valence-electron chi connectivity index (χ2n) is 4.91. The van der Waals surface area contributed by atoms with Crippen molar-refractivity contribution >= 4 is 0 Å². The van der Waals surface area contributed by atoms with Gasteiger partial charge in [0.15, 0.2) is 11.9 Å². The molecule has 0 radical (unpaired) electrons. The number of terminal acetylenes is 1. The Labute approximate surface area is 138 Å². The van der Waals surface area contributed by atoms with Crippen molar-refractivity contribution in [3.05, 3.63) is 39.8 Å². The van der Waals surface area contributed by atoms with E-state index in [1.165, 1.54) is 6.92 Å². The van der Waals surface area contributed by atoms with Crippen LogP contribution in [0.5, 0.6) is 5.75 Å². The number of halogens is 4. The number of rotatable bonds is 3. The molecule has 0 bridgehead atoms. The van der Waals surface area contributed by atoms with E-state index in [1.807, 2.05) is 0 Å². The van der Waals surface area contributed by atoms with Gasteiger partial charge in [0.2, 0.25) is 5.82 Å². The Morgan fingerprint density at radius 1 is 1.40 bits per heavy atom. The van der Waals surface area contributed by atoms with Gasteiger partial charge < -0.3 is 4.74 Å². The van der Waals surface area contributed by atoms with Crippen LogP contribution in [0.4, 0.5) is 17.6 Å². The Hall–Kier alpha value is -3.27. The highest BCUT2D eigenvalue weighted by molar-refractivity contribution is 5.51. The number of benzene rings is 1. The first-order valence-electron chi connectivity index (χ1n) is 6.70. The molecule has 25 heavy (non-hydrogen) atoms. The molecule has 0 saturated heterocycles. The highest BCUT2D eigenvalue weighted by Crippen LogP contribution is 2.28. The first-order valence-corrected chi connectivity index (χ1v) is 6.70. The first-order chi connectivity index (χ1) is 11.6. The number of nitriles is 1. The minimum absolute atomic E-state index is 0.185. The average molecular weight is 354 g/mol. The van der Waals surface area contributed by atoms with Gasteiger partial charge in [0.25, 0.3) is 0 Å². The number of hydrogen-bond donors (Lipinski definition) is 0. The lowest BCUT2D eigenvalue weighted by Gasteiger charge is -2.12. The van der Waals surface area contributed by atoms with E-state index in [9.17, 15) is 22.4 Å². The van der Waals surface area contributed by atoms with Crippen LogP contribution in [0, 0.1) is 29.5 Å². The summed E-state index contributed by atoms with van der Waals surface area (Å²) in [5.41, 5.74) is -2.05. The third kappa shape index (κ3) is 3.33. The van der Waals surface area contributed by atoms with Crippen LogP contribution in [0.1, 0.15) is 18.3 Å². The van der Waals surface area contributed by atoms with Crippen LogP contribution in [-0.4, -0.2) is 20.5 Å². The van der Waals surface area contributed by atoms with Crippen LogP contribution in [0.15, 0.2) is 16.9 Å². The van der Waals surface area contributed by atoms with E-state index in [2.05, 4.69) is 11.0 Å². The molecule has 0 saturated carbocycles. The van der Waals surface area contributed by atoms with E-state index in [4.69, 9.17) is 16.4 Å². The highest BCUT2D eigenvalue weighted by atomic mass is 19.4. The van der Waals surface area contributed by atoms with Crippen molar-refractivity contribution in [1.29, 1.82) is 5.26 Å². The zero-order valence-corrected chi connectivity index (χ0v) is 12.9. The summed E-state index contributed by atoms with van der Waals surface area (Å²) in [6.45, 7) is 1.47. The molecule has 130 valence electrons. The van der Waals surface area contributed by atoms with Crippen molar-refractivity contribution in [2.24, 2.45) is 7.05 Å². The minimum Gasteiger partial charge on any atom is -0.477 e. The van der Waals surface area contributed by atoms with Gasteiger partial charge >= 0.3 is 11.9 Å². The van der Waals surface area contributed by atoms with Crippen LogP contribution in [0.3, 0.4) is 0 Å². The predicted molar refractivity (Wildman–Crippen MR) is 77.4 cm³/mol. The molecule has 0 fully saturated rings. The molecule has 6 nitrogen and oxygen atoms in total. The zero-order chi connectivity index (χ0) is 18.9. The zero-order valence-electron chi connectivity index (χ0n) is 12.9. The summed E-state index contributed by atoms with van der Waals surface area (Å²) in [5, 5.41) is 12.1. The smallest absolute Gasteiger partial charge is 0.451 e. The molecule has 0 spiro atoms. The average Bonchev–Trinajstić information content (AvgIpc) is 2.84. The van der Waals surface area contributed by atoms with Gasteiger partial charge in [-0.15, -0.1) is 11.5 Å². The molecule has 2 rings (SSSR count). The Bertz CT molecular complexity index is 960. The summed E-state index contributed by atoms with van der Waals surface area (Å²) in [6, 6.07) is 3.30. The van der Waals surface area contributed by atoms with Gasteiger partial charge in [-0.1, -0.05) is 5.92 Å². The Morgan fingerprint density at radius 2 is 2.04 bits per heavy atom. The summed E-state index contributed by atoms with van der Waals surface area (Å²) in [6.07, 6.45) is -0.540. The number of hydrogen-bond acceptors (Lipinski definition) is 4. The molecule has 1 unspecified atom stereocenters. The normalized spacial score (nSPS) is 12.3. The molecular formula is C15H10F4N4O2. The summed E-state index contributed by atoms with van der Waals surface area (Å²) >= 11 is 0. The van der Waals surface area contributed by atoms with Gasteiger partial charge in [0.05, 0.1) is 5.56 Å². The Kier molecular flexibility index (Phi) is 4.57. The van der Waals surface area contributed by atoms with E-state index < -0.39 is 35.3 Å². The van der Waals surface area contributed by atoms with E-state index in [-0.39, 0.29) is 20.6 Å². The summed E-state index contributed by atoms with van der Waals surface area (Å²) in [4.78, 5) is 12.0. The molecule has 0 aliphatic rings. The fourth-order valence-electron chi connectivity index (χ4n) is 1.96. The molecular weight excluding hydrogens is 344 g/mol. The Morgan fingerprint density at radius 3 is 2.52 bits per heavy atom. The summed E-state index contributed by atoms with van der Waals surface area (Å²) < 4.78 is 58.5. The van der Waals surface area contributed by atoms with E-state index >= 15 is 0 Å². The third-order valence-electron chi connectivity index (χ3n) is 3.17. The van der Waals surface area contributed by atoms with Crippen molar-refractivity contribution in [2.45, 2.75) is 19.2 Å². The predicted octanol–water partition coefficient (Wildman–Crippen LogP) is 2.00. The molecule has 0 amide bonds. The van der Waals surface area contributed by atoms with Crippen LogP contribution in [0.2, 0.25) is 0 Å². The summed E-state index contributed by atoms with van der Waals surface area (Å²) in [7, 11) is 0.855. The third-order valence-corrected chi connectivity index (χ3v) is 3.17. The SMILES string of the molecule is C#CC(C)Oc1cc(-n2nc(C(F)(F)F)n(C)c2=O)c(F)cc1C#N. The standard InChI is InChI=1S/C15H10F4N4O2/c1-4-8(2)25-12-6-11(10(16)5-9(12)7-20)23-14(24)22(3)13(21-23)15(17,18)19/h1,5-6,8H,2-3H3. The monoisotopic (exact) mass is 354 g/mol. The molecule has 1 aromatic heterocycles. The second kappa shape index (κ2) is 6.32. The topological polar surface area (TPSA) is 72.8 Å². The van der Waals surface area contributed by atoms with E-state index in [0.717, 1.165) is 19.2 Å². The molecule has 1 aromatic carbocycles. The van der Waals surface area contributed by atoms with Crippen LogP contribution in [0.25, 0.3) is 5.69 Å².